The van der Waals surface area contributed by atoms with Crippen LogP contribution in [0, 0.1) is 12.3 Å². The van der Waals surface area contributed by atoms with Crippen LogP contribution in [-0.2, 0) is 11.2 Å². The molecule has 1 atom stereocenters. The van der Waals surface area contributed by atoms with Crippen molar-refractivity contribution in [3.8, 4) is 0 Å². The highest BCUT2D eigenvalue weighted by Gasteiger charge is 2.38. The van der Waals surface area contributed by atoms with Crippen molar-refractivity contribution in [1.82, 2.24) is 10.3 Å². The Kier molecular flexibility index (Phi) is 3.40. The van der Waals surface area contributed by atoms with Crippen LogP contribution < -0.4 is 5.32 Å². The minimum atomic E-state index is -0.0443. The number of rotatable bonds is 4. The summed E-state index contributed by atoms with van der Waals surface area (Å²) >= 11 is 1.81. The van der Waals surface area contributed by atoms with Crippen molar-refractivity contribution in [3.05, 3.63) is 15.6 Å². The summed E-state index contributed by atoms with van der Waals surface area (Å²) in [5.74, 6) is 0. The van der Waals surface area contributed by atoms with Gasteiger partial charge in [-0.2, -0.15) is 0 Å². The van der Waals surface area contributed by atoms with Gasteiger partial charge in [-0.05, 0) is 26.2 Å². The van der Waals surface area contributed by atoms with Gasteiger partial charge >= 0.3 is 0 Å². The number of aromatic nitrogens is 1. The van der Waals surface area contributed by atoms with E-state index in [1.807, 2.05) is 11.3 Å². The maximum atomic E-state index is 9.44. The van der Waals surface area contributed by atoms with Crippen molar-refractivity contribution in [1.29, 1.82) is 0 Å². The highest BCUT2D eigenvalue weighted by Crippen LogP contribution is 2.35. The number of hydrogen-bond donors (Lipinski definition) is 2. The van der Waals surface area contributed by atoms with E-state index in [1.165, 1.54) is 23.4 Å². The van der Waals surface area contributed by atoms with E-state index < -0.39 is 0 Å². The molecule has 18 heavy (non-hydrogen) atoms. The molecule has 0 saturated carbocycles. The summed E-state index contributed by atoms with van der Waals surface area (Å²) in [4.78, 5) is 6.01. The van der Waals surface area contributed by atoms with Crippen molar-refractivity contribution in [3.63, 3.8) is 0 Å². The normalized spacial score (nSPS) is 25.6. The Labute approximate surface area is 111 Å². The number of nitrogens with one attached hydrogen (secondary N) is 1. The van der Waals surface area contributed by atoms with E-state index in [2.05, 4.69) is 17.2 Å². The molecular weight excluding hydrogens is 248 g/mol. The molecule has 1 saturated heterocycles. The van der Waals surface area contributed by atoms with Crippen LogP contribution >= 0.6 is 11.3 Å². The first kappa shape index (κ1) is 12.5. The molecule has 100 valence electrons. The lowest BCUT2D eigenvalue weighted by Gasteiger charge is -2.41. The molecule has 2 heterocycles. The lowest BCUT2D eigenvalue weighted by atomic mass is 9.86. The third-order valence-corrected chi connectivity index (χ3v) is 5.06. The van der Waals surface area contributed by atoms with Crippen molar-refractivity contribution in [2.45, 2.75) is 32.2 Å². The smallest absolute Gasteiger partial charge is 0.0900 e. The third kappa shape index (κ3) is 2.20. The van der Waals surface area contributed by atoms with E-state index in [1.54, 1.807) is 0 Å². The molecule has 1 aliphatic carbocycles. The number of aryl methyl sites for hydroxylation is 2. The molecule has 4 nitrogen and oxygen atoms in total. The van der Waals surface area contributed by atoms with Gasteiger partial charge in [0.2, 0.25) is 0 Å². The molecule has 5 heteroatoms. The average Bonchev–Trinajstić information content (AvgIpc) is 2.69. The molecule has 1 aliphatic heterocycles. The predicted octanol–water partition coefficient (Wildman–Crippen LogP) is 1.43. The van der Waals surface area contributed by atoms with Gasteiger partial charge in [-0.3, -0.25) is 0 Å². The maximum absolute atomic E-state index is 9.44. The molecule has 1 aromatic rings. The summed E-state index contributed by atoms with van der Waals surface area (Å²) in [6.45, 7) is 4.48. The van der Waals surface area contributed by atoms with Gasteiger partial charge in [0.15, 0.2) is 0 Å². The van der Waals surface area contributed by atoms with Gasteiger partial charge in [0.25, 0.3) is 0 Å². The van der Waals surface area contributed by atoms with Crippen molar-refractivity contribution < 1.29 is 9.84 Å². The Balaban J connectivity index is 1.67. The highest BCUT2D eigenvalue weighted by atomic mass is 32.1. The van der Waals surface area contributed by atoms with E-state index in [0.29, 0.717) is 19.3 Å². The molecule has 3 rings (SSSR count). The summed E-state index contributed by atoms with van der Waals surface area (Å²) in [7, 11) is 0. The third-order valence-electron chi connectivity index (χ3n) is 3.93. The summed E-state index contributed by atoms with van der Waals surface area (Å²) in [5, 5.41) is 14.2. The molecule has 1 aromatic heterocycles. The predicted molar refractivity (Wildman–Crippen MR) is 70.9 cm³/mol. The summed E-state index contributed by atoms with van der Waals surface area (Å²) in [5.41, 5.74) is 1.24. The molecule has 1 unspecified atom stereocenters. The van der Waals surface area contributed by atoms with Gasteiger partial charge in [0, 0.05) is 17.5 Å². The molecule has 0 amide bonds. The molecule has 2 N–H and O–H groups in total. The number of fused-ring (bicyclic) bond motifs is 1. The number of ether oxygens (including phenoxy) is 1. The number of thiazole rings is 1. The van der Waals surface area contributed by atoms with E-state index >= 15 is 0 Å². The average molecular weight is 268 g/mol. The van der Waals surface area contributed by atoms with Gasteiger partial charge < -0.3 is 15.2 Å². The fourth-order valence-corrected chi connectivity index (χ4v) is 3.80. The highest BCUT2D eigenvalue weighted by molar-refractivity contribution is 7.11. The molecule has 0 spiro atoms. The second-order valence-electron chi connectivity index (χ2n) is 5.52. The second kappa shape index (κ2) is 4.89. The second-order valence-corrected chi connectivity index (χ2v) is 6.76. The topological polar surface area (TPSA) is 54.4 Å². The standard InChI is InChI=1S/C13H20N2O2S/c1-9-15-11-4-2-3-10(12(11)18-9)14-5-13(6-16)7-17-8-13/h10,14,16H,2-8H2,1H3. The fourth-order valence-electron chi connectivity index (χ4n) is 2.72. The Morgan fingerprint density at radius 3 is 3.06 bits per heavy atom. The first-order chi connectivity index (χ1) is 8.72. The molecule has 1 fully saturated rings. The van der Waals surface area contributed by atoms with Gasteiger partial charge in [0.1, 0.15) is 0 Å². The summed E-state index contributed by atoms with van der Waals surface area (Å²) in [6.07, 6.45) is 3.50. The molecule has 2 aliphatic rings. The minimum Gasteiger partial charge on any atom is -0.396 e. The van der Waals surface area contributed by atoms with E-state index in [-0.39, 0.29) is 12.0 Å². The Bertz CT molecular complexity index is 423. The van der Waals surface area contributed by atoms with Gasteiger partial charge in [-0.25, -0.2) is 4.98 Å². The maximum Gasteiger partial charge on any atom is 0.0900 e. The number of hydrogen-bond acceptors (Lipinski definition) is 5. The molecule has 0 bridgehead atoms. The van der Waals surface area contributed by atoms with Crippen LogP contribution in [0.2, 0.25) is 0 Å². The van der Waals surface area contributed by atoms with E-state index in [0.717, 1.165) is 18.0 Å². The Morgan fingerprint density at radius 1 is 1.56 bits per heavy atom. The quantitative estimate of drug-likeness (QED) is 0.867. The van der Waals surface area contributed by atoms with E-state index in [9.17, 15) is 5.11 Å². The molecule has 0 radical (unpaired) electrons. The first-order valence-electron chi connectivity index (χ1n) is 6.61. The zero-order valence-corrected chi connectivity index (χ0v) is 11.6. The van der Waals surface area contributed by atoms with Crippen LogP contribution in [-0.4, -0.2) is 36.5 Å². The van der Waals surface area contributed by atoms with Crippen molar-refractivity contribution in [2.75, 3.05) is 26.4 Å². The summed E-state index contributed by atoms with van der Waals surface area (Å²) < 4.78 is 5.23. The van der Waals surface area contributed by atoms with Crippen molar-refractivity contribution >= 4 is 11.3 Å². The largest absolute Gasteiger partial charge is 0.396 e. The van der Waals surface area contributed by atoms with Crippen LogP contribution in [0.3, 0.4) is 0 Å². The lowest BCUT2D eigenvalue weighted by molar-refractivity contribution is -0.135. The monoisotopic (exact) mass is 268 g/mol. The molecular formula is C13H20N2O2S. The fraction of sp³-hybridized carbons (Fsp3) is 0.769. The SMILES string of the molecule is Cc1nc2c(s1)C(NCC1(CO)COC1)CCC2. The minimum absolute atomic E-state index is 0.0443. The Morgan fingerprint density at radius 2 is 2.39 bits per heavy atom. The van der Waals surface area contributed by atoms with Gasteiger partial charge in [-0.15, -0.1) is 11.3 Å². The van der Waals surface area contributed by atoms with Crippen LogP contribution in [0.25, 0.3) is 0 Å². The Hall–Kier alpha value is -0.490. The van der Waals surface area contributed by atoms with Crippen LogP contribution in [0.1, 0.15) is 34.5 Å². The van der Waals surface area contributed by atoms with Crippen LogP contribution in [0.5, 0.6) is 0 Å². The summed E-state index contributed by atoms with van der Waals surface area (Å²) in [6, 6.07) is 0.420. The number of nitrogens with zero attached hydrogens (tertiary/aromatic N) is 1. The van der Waals surface area contributed by atoms with Crippen LogP contribution in [0.4, 0.5) is 0 Å². The first-order valence-corrected chi connectivity index (χ1v) is 7.42. The zero-order valence-electron chi connectivity index (χ0n) is 10.7. The van der Waals surface area contributed by atoms with Crippen LogP contribution in [0.15, 0.2) is 0 Å². The van der Waals surface area contributed by atoms with E-state index in [4.69, 9.17) is 4.74 Å². The van der Waals surface area contributed by atoms with Gasteiger partial charge in [-0.1, -0.05) is 0 Å². The number of aliphatic hydroxyl groups excluding tert-OH is 1. The lowest BCUT2D eigenvalue weighted by Crippen LogP contribution is -2.52. The molecule has 0 aromatic carbocycles. The number of aliphatic hydroxyl groups is 1. The van der Waals surface area contributed by atoms with Gasteiger partial charge in [0.05, 0.1) is 35.9 Å². The van der Waals surface area contributed by atoms with Crippen molar-refractivity contribution in [2.24, 2.45) is 5.41 Å². The zero-order chi connectivity index (χ0) is 12.6.